The van der Waals surface area contributed by atoms with Crippen molar-refractivity contribution in [2.75, 3.05) is 36.9 Å². The summed E-state index contributed by atoms with van der Waals surface area (Å²) < 4.78 is 65.7. The summed E-state index contributed by atoms with van der Waals surface area (Å²) in [5.41, 5.74) is -0.388. The second kappa shape index (κ2) is 16.1. The topological polar surface area (TPSA) is 142 Å². The first kappa shape index (κ1) is 38.2. The Morgan fingerprint density at radius 1 is 1.06 bits per heavy atom. The minimum Gasteiger partial charge on any atom is -0.493 e. The largest absolute Gasteiger partial charge is 0.493 e. The Hall–Kier alpha value is -4.01. The summed E-state index contributed by atoms with van der Waals surface area (Å²) in [6, 6.07) is 9.22. The summed E-state index contributed by atoms with van der Waals surface area (Å²) in [5.74, 6) is -1.54. The molecule has 16 heteroatoms. The number of ether oxygens (including phenoxy) is 1. The lowest BCUT2D eigenvalue weighted by Gasteiger charge is -2.32. The van der Waals surface area contributed by atoms with Gasteiger partial charge in [-0.2, -0.15) is 5.10 Å². The van der Waals surface area contributed by atoms with Crippen molar-refractivity contribution >= 4 is 41.8 Å². The summed E-state index contributed by atoms with van der Waals surface area (Å²) in [7, 11) is -3.78. The Morgan fingerprint density at radius 2 is 1.82 bits per heavy atom. The molecule has 13 nitrogen and oxygen atoms in total. The van der Waals surface area contributed by atoms with Crippen molar-refractivity contribution in [3.8, 4) is 5.75 Å². The molecule has 5 rings (SSSR count). The van der Waals surface area contributed by atoms with Crippen LogP contribution in [0.2, 0.25) is 0 Å². The van der Waals surface area contributed by atoms with E-state index in [1.54, 1.807) is 6.20 Å². The molecule has 2 N–H and O–H groups in total. The molecule has 2 aromatic carbocycles. The maximum absolute atomic E-state index is 13.9. The van der Waals surface area contributed by atoms with Crippen LogP contribution in [0.15, 0.2) is 55.1 Å². The van der Waals surface area contributed by atoms with Gasteiger partial charge in [-0.25, -0.2) is 23.3 Å². The summed E-state index contributed by atoms with van der Waals surface area (Å²) in [4.78, 5) is 23.5. The van der Waals surface area contributed by atoms with Crippen molar-refractivity contribution in [2.45, 2.75) is 84.6 Å². The van der Waals surface area contributed by atoms with E-state index in [0.29, 0.717) is 29.4 Å². The third-order valence-corrected chi connectivity index (χ3v) is 9.60. The van der Waals surface area contributed by atoms with Gasteiger partial charge in [0.05, 0.1) is 47.5 Å². The Kier molecular flexibility index (Phi) is 12.1. The molecule has 1 fully saturated rings. The van der Waals surface area contributed by atoms with Crippen LogP contribution in [0.1, 0.15) is 60.8 Å². The molecular weight excluding hydrogens is 683 g/mol. The highest BCUT2D eigenvalue weighted by molar-refractivity contribution is 7.48. The Morgan fingerprint density at radius 3 is 2.57 bits per heavy atom. The maximum atomic E-state index is 13.9. The number of likely N-dealkylation sites (tertiary alicyclic amines) is 1. The lowest BCUT2D eigenvalue weighted by Crippen LogP contribution is -2.35. The van der Waals surface area contributed by atoms with Crippen molar-refractivity contribution in [1.29, 1.82) is 0 Å². The molecule has 1 amide bonds. The zero-order valence-corrected chi connectivity index (χ0v) is 30.7. The molecule has 51 heavy (non-hydrogen) atoms. The van der Waals surface area contributed by atoms with Crippen LogP contribution >= 0.6 is 7.82 Å². The Bertz CT molecular complexity index is 1840. The number of nitrogens with one attached hydrogen (secondary N) is 2. The van der Waals surface area contributed by atoms with Crippen LogP contribution in [-0.4, -0.2) is 74.1 Å². The second-order valence-corrected chi connectivity index (χ2v) is 15.8. The molecule has 1 atom stereocenters. The first-order chi connectivity index (χ1) is 24.1. The molecular formula is C35H46F2N7O6P. The molecule has 276 valence electrons. The van der Waals surface area contributed by atoms with Crippen LogP contribution in [0, 0.1) is 11.6 Å². The number of nitrogens with zero attached hydrogens (tertiary/aromatic N) is 5. The van der Waals surface area contributed by atoms with E-state index in [1.807, 2.05) is 59.7 Å². The van der Waals surface area contributed by atoms with Crippen LogP contribution in [0.5, 0.6) is 5.75 Å². The van der Waals surface area contributed by atoms with Crippen molar-refractivity contribution in [3.05, 3.63) is 66.8 Å². The first-order valence-electron chi connectivity index (χ1n) is 16.9. The molecule has 0 aliphatic carbocycles. The normalized spacial score (nSPS) is 15.7. The monoisotopic (exact) mass is 729 g/mol. The molecule has 3 heterocycles. The molecule has 2 aromatic heterocycles. The SMILES string of the molecule is CC(C)(C)OP(=O)(OC[C@H]1CCCN1CCCOc1ccc2c(Nc3cnn(CC(=O)Nc4cccc(F)c4F)c3)ncnc2c1)OC(C)(C)C. The fraction of sp³-hybridized carbons (Fsp3) is 0.486. The lowest BCUT2D eigenvalue weighted by atomic mass is 10.2. The van der Waals surface area contributed by atoms with Gasteiger partial charge in [0.25, 0.3) is 0 Å². The van der Waals surface area contributed by atoms with E-state index in [0.717, 1.165) is 43.8 Å². The van der Waals surface area contributed by atoms with E-state index < -0.39 is 36.6 Å². The molecule has 0 saturated carbocycles. The molecule has 0 unspecified atom stereocenters. The molecule has 0 spiro atoms. The summed E-state index contributed by atoms with van der Waals surface area (Å²) in [5, 5.41) is 10.5. The number of amides is 1. The summed E-state index contributed by atoms with van der Waals surface area (Å²) >= 11 is 0. The predicted molar refractivity (Wildman–Crippen MR) is 190 cm³/mol. The number of phosphoric ester groups is 1. The van der Waals surface area contributed by atoms with E-state index in [2.05, 4.69) is 30.6 Å². The highest BCUT2D eigenvalue weighted by Crippen LogP contribution is 2.55. The zero-order chi connectivity index (χ0) is 36.8. The van der Waals surface area contributed by atoms with Gasteiger partial charge in [-0.3, -0.25) is 27.9 Å². The summed E-state index contributed by atoms with van der Waals surface area (Å²) in [6.07, 6.45) is 7.29. The molecule has 1 aliphatic heterocycles. The van der Waals surface area contributed by atoms with Crippen LogP contribution in [-0.2, 0) is 29.5 Å². The van der Waals surface area contributed by atoms with Crippen molar-refractivity contribution < 1.29 is 36.4 Å². The number of halogens is 2. The van der Waals surface area contributed by atoms with Crippen LogP contribution in [0.4, 0.5) is 26.0 Å². The van der Waals surface area contributed by atoms with E-state index >= 15 is 0 Å². The third-order valence-electron chi connectivity index (χ3n) is 7.59. The minimum atomic E-state index is -3.78. The highest BCUT2D eigenvalue weighted by atomic mass is 31.2. The fourth-order valence-corrected chi connectivity index (χ4v) is 7.41. The van der Waals surface area contributed by atoms with Gasteiger partial charge >= 0.3 is 7.82 Å². The average Bonchev–Trinajstić information content (AvgIpc) is 3.67. The number of aromatic nitrogens is 4. The number of rotatable bonds is 15. The van der Waals surface area contributed by atoms with Gasteiger partial charge < -0.3 is 15.4 Å². The van der Waals surface area contributed by atoms with Crippen molar-refractivity contribution in [1.82, 2.24) is 24.6 Å². The van der Waals surface area contributed by atoms with Crippen LogP contribution in [0.25, 0.3) is 10.9 Å². The van der Waals surface area contributed by atoms with Gasteiger partial charge in [-0.15, -0.1) is 0 Å². The van der Waals surface area contributed by atoms with Crippen molar-refractivity contribution in [2.24, 2.45) is 0 Å². The molecule has 1 saturated heterocycles. The Balaban J connectivity index is 1.11. The van der Waals surface area contributed by atoms with Gasteiger partial charge in [0, 0.05) is 30.2 Å². The van der Waals surface area contributed by atoms with Gasteiger partial charge in [0.15, 0.2) is 11.6 Å². The number of anilines is 3. The predicted octanol–water partition coefficient (Wildman–Crippen LogP) is 7.48. The quantitative estimate of drug-likeness (QED) is 0.0930. The number of phosphoric acid groups is 1. The van der Waals surface area contributed by atoms with E-state index in [9.17, 15) is 18.1 Å². The van der Waals surface area contributed by atoms with E-state index in [4.69, 9.17) is 18.3 Å². The number of hydrogen-bond acceptors (Lipinski definition) is 11. The van der Waals surface area contributed by atoms with Gasteiger partial charge in [-0.05, 0) is 91.6 Å². The molecule has 0 radical (unpaired) electrons. The minimum absolute atomic E-state index is 0.0998. The molecule has 1 aliphatic rings. The van der Waals surface area contributed by atoms with Gasteiger partial charge in [0.2, 0.25) is 5.91 Å². The number of carbonyl (C=O) groups excluding carboxylic acids is 1. The number of fused-ring (bicyclic) bond motifs is 1. The lowest BCUT2D eigenvalue weighted by molar-refractivity contribution is -0.116. The third kappa shape index (κ3) is 11.2. The highest BCUT2D eigenvalue weighted by Gasteiger charge is 2.38. The number of benzene rings is 2. The molecule has 4 aromatic rings. The van der Waals surface area contributed by atoms with Crippen LogP contribution in [0.3, 0.4) is 0 Å². The van der Waals surface area contributed by atoms with E-state index in [1.165, 1.54) is 29.3 Å². The second-order valence-electron chi connectivity index (χ2n) is 14.3. The maximum Gasteiger partial charge on any atom is 0.475 e. The first-order valence-corrected chi connectivity index (χ1v) is 18.3. The van der Waals surface area contributed by atoms with Gasteiger partial charge in [0.1, 0.15) is 24.4 Å². The zero-order valence-electron chi connectivity index (χ0n) is 29.8. The van der Waals surface area contributed by atoms with Gasteiger partial charge in [-0.1, -0.05) is 6.07 Å². The van der Waals surface area contributed by atoms with E-state index in [-0.39, 0.29) is 24.9 Å². The average molecular weight is 730 g/mol. The number of hydrogen-bond donors (Lipinski definition) is 2. The van der Waals surface area contributed by atoms with Crippen LogP contribution < -0.4 is 15.4 Å². The molecule has 0 bridgehead atoms. The Labute approximate surface area is 296 Å². The standard InChI is InChI=1S/C35H46F2N7O6P/c1-34(2,3)49-51(46,50-35(4,5)6)48-22-25-10-8-15-43(25)16-9-17-47-26-13-14-27-30(18-26)38-23-39-33(27)41-24-19-40-44(20-24)21-31(45)42-29-12-7-11-28(36)32(29)37/h7,11-14,18-20,23,25H,8-10,15-17,21-22H2,1-6H3,(H,42,45)(H,38,39,41)/t25-/m1/s1. The number of carbonyl (C=O) groups is 1. The smallest absolute Gasteiger partial charge is 0.475 e. The summed E-state index contributed by atoms with van der Waals surface area (Å²) in [6.45, 7) is 13.2. The fourth-order valence-electron chi connectivity index (χ4n) is 5.57. The van der Waals surface area contributed by atoms with Crippen molar-refractivity contribution in [3.63, 3.8) is 0 Å².